The van der Waals surface area contributed by atoms with Crippen LogP contribution in [0.25, 0.3) is 0 Å². The highest BCUT2D eigenvalue weighted by Gasteiger charge is 2.12. The number of allylic oxidation sites excluding steroid dienone is 4. The van der Waals surface area contributed by atoms with Gasteiger partial charge >= 0.3 is 5.97 Å². The molecule has 0 fully saturated rings. The molecule has 0 amide bonds. The molecule has 110 valence electrons. The first-order valence-corrected chi connectivity index (χ1v) is 6.58. The Balaban J connectivity index is 0.00000172. The third kappa shape index (κ3) is 5.78. The van der Waals surface area contributed by atoms with Crippen LogP contribution in [0.4, 0.5) is 4.39 Å². The summed E-state index contributed by atoms with van der Waals surface area (Å²) in [5, 5.41) is 0. The zero-order valence-electron chi connectivity index (χ0n) is 12.7. The number of nitrogens with zero attached hydrogens (tertiary/aromatic N) is 1. The van der Waals surface area contributed by atoms with Gasteiger partial charge in [-0.2, -0.15) is 0 Å². The lowest BCUT2D eigenvalue weighted by molar-refractivity contribution is 0.0599. The molecule has 0 aliphatic heterocycles. The largest absolute Gasteiger partial charge is 0.465 e. The number of halogens is 1. The average Bonchev–Trinajstić information content (AvgIpc) is 2.48. The van der Waals surface area contributed by atoms with Crippen molar-refractivity contribution in [2.24, 2.45) is 0 Å². The Morgan fingerprint density at radius 3 is 2.60 bits per heavy atom. The Morgan fingerprint density at radius 2 is 2.10 bits per heavy atom. The summed E-state index contributed by atoms with van der Waals surface area (Å²) in [7, 11) is 1.33. The number of rotatable bonds is 4. The van der Waals surface area contributed by atoms with Crippen molar-refractivity contribution in [2.75, 3.05) is 7.11 Å². The van der Waals surface area contributed by atoms with Crippen LogP contribution in [-0.4, -0.2) is 18.1 Å². The lowest BCUT2D eigenvalue weighted by atomic mass is 10.0. The standard InChI is InChI=1S/C14H16FNO2.C2H6/c1-4-11(7-10(2)15)8-12-9-16-6-5-13(12)14(17)18-3;1-2/h4-7,9H,8H2,1-3H3;1-2H3/b10-7+,11-4+;. The minimum absolute atomic E-state index is 0.272. The maximum Gasteiger partial charge on any atom is 0.338 e. The number of ether oxygens (including phenoxy) is 1. The van der Waals surface area contributed by atoms with E-state index in [1.807, 2.05) is 20.8 Å². The van der Waals surface area contributed by atoms with Gasteiger partial charge in [-0.15, -0.1) is 0 Å². The number of aromatic nitrogens is 1. The summed E-state index contributed by atoms with van der Waals surface area (Å²) in [5.41, 5.74) is 1.96. The van der Waals surface area contributed by atoms with Crippen molar-refractivity contribution in [3.8, 4) is 0 Å². The molecule has 3 nitrogen and oxygen atoms in total. The topological polar surface area (TPSA) is 39.2 Å². The van der Waals surface area contributed by atoms with E-state index in [0.717, 1.165) is 11.1 Å². The van der Waals surface area contributed by atoms with Gasteiger partial charge in [0, 0.05) is 12.4 Å². The summed E-state index contributed by atoms with van der Waals surface area (Å²) in [6.07, 6.45) is 6.81. The fraction of sp³-hybridized carbons (Fsp3) is 0.375. The SMILES string of the molecule is C/C=C(\C=C(/C)F)Cc1cnccc1C(=O)OC.CC. The number of hydrogen-bond acceptors (Lipinski definition) is 3. The van der Waals surface area contributed by atoms with E-state index in [1.54, 1.807) is 18.3 Å². The zero-order chi connectivity index (χ0) is 15.5. The second-order valence-corrected chi connectivity index (χ2v) is 3.80. The van der Waals surface area contributed by atoms with Crippen molar-refractivity contribution in [3.63, 3.8) is 0 Å². The Labute approximate surface area is 120 Å². The highest BCUT2D eigenvalue weighted by molar-refractivity contribution is 5.90. The second-order valence-electron chi connectivity index (χ2n) is 3.80. The predicted octanol–water partition coefficient (Wildman–Crippen LogP) is 4.26. The third-order valence-corrected chi connectivity index (χ3v) is 2.46. The summed E-state index contributed by atoms with van der Waals surface area (Å²) < 4.78 is 17.6. The molecule has 1 rings (SSSR count). The van der Waals surface area contributed by atoms with Crippen molar-refractivity contribution in [3.05, 3.63) is 53.1 Å². The number of carbonyl (C=O) groups is 1. The van der Waals surface area contributed by atoms with Crippen molar-refractivity contribution in [1.29, 1.82) is 0 Å². The molecule has 20 heavy (non-hydrogen) atoms. The second kappa shape index (κ2) is 9.89. The van der Waals surface area contributed by atoms with E-state index in [4.69, 9.17) is 4.74 Å². The van der Waals surface area contributed by atoms with E-state index >= 15 is 0 Å². The summed E-state index contributed by atoms with van der Waals surface area (Å²) in [5.74, 6) is -0.685. The third-order valence-electron chi connectivity index (χ3n) is 2.46. The van der Waals surface area contributed by atoms with Crippen molar-refractivity contribution < 1.29 is 13.9 Å². The van der Waals surface area contributed by atoms with Crippen LogP contribution in [-0.2, 0) is 11.2 Å². The Hall–Kier alpha value is -1.97. The molecule has 0 aliphatic carbocycles. The van der Waals surface area contributed by atoms with E-state index < -0.39 is 5.97 Å². The van der Waals surface area contributed by atoms with E-state index in [1.165, 1.54) is 26.3 Å². The number of hydrogen-bond donors (Lipinski definition) is 0. The highest BCUT2D eigenvalue weighted by Crippen LogP contribution is 2.16. The first-order chi connectivity index (χ1) is 9.58. The van der Waals surface area contributed by atoms with E-state index in [-0.39, 0.29) is 5.83 Å². The van der Waals surface area contributed by atoms with Crippen LogP contribution in [0, 0.1) is 0 Å². The number of methoxy groups -OCH3 is 1. The lowest BCUT2D eigenvalue weighted by Gasteiger charge is -2.07. The molecule has 0 atom stereocenters. The Bertz CT molecular complexity index is 489. The van der Waals surface area contributed by atoms with Gasteiger partial charge in [-0.25, -0.2) is 9.18 Å². The van der Waals surface area contributed by atoms with Crippen molar-refractivity contribution in [1.82, 2.24) is 4.98 Å². The average molecular weight is 279 g/mol. The molecule has 0 unspecified atom stereocenters. The van der Waals surface area contributed by atoms with Gasteiger partial charge in [0.05, 0.1) is 18.5 Å². The first kappa shape index (κ1) is 18.0. The quantitative estimate of drug-likeness (QED) is 0.610. The summed E-state index contributed by atoms with van der Waals surface area (Å²) in [6.45, 7) is 7.21. The molecule has 1 heterocycles. The summed E-state index contributed by atoms with van der Waals surface area (Å²) >= 11 is 0. The molecule has 0 aliphatic rings. The molecule has 0 spiro atoms. The van der Waals surface area contributed by atoms with E-state index in [0.29, 0.717) is 12.0 Å². The van der Waals surface area contributed by atoms with Crippen molar-refractivity contribution >= 4 is 5.97 Å². The minimum Gasteiger partial charge on any atom is -0.465 e. The minimum atomic E-state index is -0.413. The van der Waals surface area contributed by atoms with Gasteiger partial charge in [0.1, 0.15) is 0 Å². The molecular formula is C16H22FNO2. The van der Waals surface area contributed by atoms with Gasteiger partial charge in [-0.1, -0.05) is 19.9 Å². The maximum absolute atomic E-state index is 12.9. The molecule has 0 aromatic carbocycles. The van der Waals surface area contributed by atoms with Gasteiger partial charge in [-0.3, -0.25) is 4.98 Å². The normalized spacial score (nSPS) is 11.5. The molecular weight excluding hydrogens is 257 g/mol. The van der Waals surface area contributed by atoms with Gasteiger partial charge in [0.15, 0.2) is 0 Å². The highest BCUT2D eigenvalue weighted by atomic mass is 19.1. The molecule has 0 saturated heterocycles. The van der Waals surface area contributed by atoms with Crippen LogP contribution in [0.3, 0.4) is 0 Å². The monoisotopic (exact) mass is 279 g/mol. The van der Waals surface area contributed by atoms with Crippen LogP contribution in [0.5, 0.6) is 0 Å². The van der Waals surface area contributed by atoms with Gasteiger partial charge in [-0.05, 0) is 43.5 Å². The van der Waals surface area contributed by atoms with Crippen LogP contribution >= 0.6 is 0 Å². The van der Waals surface area contributed by atoms with E-state index in [2.05, 4.69) is 4.98 Å². The van der Waals surface area contributed by atoms with Crippen LogP contribution < -0.4 is 0 Å². The number of pyridine rings is 1. The maximum atomic E-state index is 12.9. The number of carbonyl (C=O) groups excluding carboxylic acids is 1. The number of esters is 1. The predicted molar refractivity (Wildman–Crippen MR) is 79.3 cm³/mol. The first-order valence-electron chi connectivity index (χ1n) is 6.58. The molecule has 4 heteroatoms. The van der Waals surface area contributed by atoms with Crippen LogP contribution in [0.1, 0.15) is 43.6 Å². The fourth-order valence-corrected chi connectivity index (χ4v) is 1.59. The van der Waals surface area contributed by atoms with Crippen molar-refractivity contribution in [2.45, 2.75) is 34.1 Å². The smallest absolute Gasteiger partial charge is 0.338 e. The molecule has 0 saturated carbocycles. The summed E-state index contributed by atoms with van der Waals surface area (Å²) in [4.78, 5) is 15.5. The van der Waals surface area contributed by atoms with Crippen LogP contribution in [0.2, 0.25) is 0 Å². The lowest BCUT2D eigenvalue weighted by Crippen LogP contribution is -2.06. The Morgan fingerprint density at radius 1 is 1.45 bits per heavy atom. The van der Waals surface area contributed by atoms with Gasteiger partial charge in [0.25, 0.3) is 0 Å². The molecule has 0 N–H and O–H groups in total. The molecule has 0 bridgehead atoms. The molecule has 1 aromatic heterocycles. The van der Waals surface area contributed by atoms with Gasteiger partial charge < -0.3 is 4.74 Å². The Kier molecular flexibility index (Phi) is 8.92. The van der Waals surface area contributed by atoms with E-state index in [9.17, 15) is 9.18 Å². The zero-order valence-corrected chi connectivity index (χ0v) is 12.7. The summed E-state index contributed by atoms with van der Waals surface area (Å²) in [6, 6.07) is 1.60. The molecule has 0 radical (unpaired) electrons. The van der Waals surface area contributed by atoms with Crippen LogP contribution in [0.15, 0.2) is 42.0 Å². The molecule has 1 aromatic rings. The van der Waals surface area contributed by atoms with Gasteiger partial charge in [0.2, 0.25) is 0 Å². The fourth-order valence-electron chi connectivity index (χ4n) is 1.59.